The van der Waals surface area contributed by atoms with Crippen molar-refractivity contribution in [3.8, 4) is 0 Å². The highest BCUT2D eigenvalue weighted by Gasteiger charge is 2.23. The van der Waals surface area contributed by atoms with Gasteiger partial charge in [0.05, 0.1) is 12.5 Å². The van der Waals surface area contributed by atoms with Crippen molar-refractivity contribution in [2.45, 2.75) is 32.5 Å². The van der Waals surface area contributed by atoms with Crippen molar-refractivity contribution in [1.82, 2.24) is 0 Å². The second-order valence-electron chi connectivity index (χ2n) is 4.24. The van der Waals surface area contributed by atoms with Crippen LogP contribution in [-0.4, -0.2) is 33.2 Å². The summed E-state index contributed by atoms with van der Waals surface area (Å²) in [7, 11) is 0. The first kappa shape index (κ1) is 14.3. The van der Waals surface area contributed by atoms with Gasteiger partial charge in [0.25, 0.3) is 0 Å². The third-order valence-corrected chi connectivity index (χ3v) is 2.75. The fraction of sp³-hybridized carbons (Fsp3) is 0.385. The van der Waals surface area contributed by atoms with Crippen molar-refractivity contribution in [3.63, 3.8) is 0 Å². The van der Waals surface area contributed by atoms with E-state index >= 15 is 0 Å². The number of aliphatic hydroxyl groups is 2. The number of aliphatic hydroxyl groups excluding tert-OH is 2. The summed E-state index contributed by atoms with van der Waals surface area (Å²) >= 11 is 0. The molecule has 0 fully saturated rings. The van der Waals surface area contributed by atoms with Gasteiger partial charge in [-0.1, -0.05) is 12.1 Å². The summed E-state index contributed by atoms with van der Waals surface area (Å²) < 4.78 is 0. The summed E-state index contributed by atoms with van der Waals surface area (Å²) in [5.41, 5.74) is 1.48. The number of rotatable bonds is 5. The molecule has 0 aliphatic carbocycles. The Kier molecular flexibility index (Phi) is 4.58. The number of carboxylic acids is 1. The smallest absolute Gasteiger partial charge is 0.306 e. The first-order valence-electron chi connectivity index (χ1n) is 5.52. The van der Waals surface area contributed by atoms with E-state index in [1.165, 1.54) is 13.0 Å². The Hall–Kier alpha value is -1.72. The molecule has 0 bridgehead atoms. The topological polar surface area (TPSA) is 94.8 Å². The molecule has 0 aliphatic rings. The van der Waals surface area contributed by atoms with Gasteiger partial charge in [-0.05, 0) is 31.0 Å². The lowest BCUT2D eigenvalue weighted by Crippen LogP contribution is -2.22. The number of aliphatic carboxylic acids is 1. The van der Waals surface area contributed by atoms with Crippen molar-refractivity contribution in [2.75, 3.05) is 0 Å². The highest BCUT2D eigenvalue weighted by Crippen LogP contribution is 2.24. The Bertz CT molecular complexity index is 466. The summed E-state index contributed by atoms with van der Waals surface area (Å²) in [6.07, 6.45) is -3.27. The van der Waals surface area contributed by atoms with E-state index in [4.69, 9.17) is 5.11 Å². The van der Waals surface area contributed by atoms with Gasteiger partial charge in [-0.25, -0.2) is 0 Å². The van der Waals surface area contributed by atoms with Crippen molar-refractivity contribution < 1.29 is 24.9 Å². The largest absolute Gasteiger partial charge is 0.481 e. The Labute approximate surface area is 105 Å². The van der Waals surface area contributed by atoms with Gasteiger partial charge >= 0.3 is 5.97 Å². The maximum atomic E-state index is 11.2. The Morgan fingerprint density at radius 3 is 2.39 bits per heavy atom. The predicted molar refractivity (Wildman–Crippen MR) is 64.4 cm³/mol. The van der Waals surface area contributed by atoms with Crippen LogP contribution in [0.1, 0.15) is 40.9 Å². The number of carboxylic acid groups (broad SMARTS) is 1. The average Bonchev–Trinajstić information content (AvgIpc) is 2.27. The van der Waals surface area contributed by atoms with Crippen LogP contribution in [0.3, 0.4) is 0 Å². The van der Waals surface area contributed by atoms with Crippen molar-refractivity contribution >= 4 is 11.8 Å². The summed E-state index contributed by atoms with van der Waals surface area (Å²) in [5.74, 6) is -1.35. The second kappa shape index (κ2) is 5.75. The Morgan fingerprint density at radius 1 is 1.28 bits per heavy atom. The van der Waals surface area contributed by atoms with Gasteiger partial charge < -0.3 is 15.3 Å². The number of carbonyl (C=O) groups excluding carboxylic acids is 1. The highest BCUT2D eigenvalue weighted by atomic mass is 16.4. The molecule has 1 rings (SSSR count). The zero-order valence-electron chi connectivity index (χ0n) is 10.3. The molecule has 0 aromatic heterocycles. The minimum absolute atomic E-state index is 0.156. The molecular formula is C13H16O5. The molecule has 1 aromatic carbocycles. The molecule has 0 saturated heterocycles. The molecule has 2 atom stereocenters. The minimum Gasteiger partial charge on any atom is -0.481 e. The van der Waals surface area contributed by atoms with Crippen molar-refractivity contribution in [1.29, 1.82) is 0 Å². The van der Waals surface area contributed by atoms with Crippen LogP contribution >= 0.6 is 0 Å². The molecule has 18 heavy (non-hydrogen) atoms. The first-order chi connectivity index (χ1) is 8.32. The lowest BCUT2D eigenvalue weighted by atomic mass is 9.95. The van der Waals surface area contributed by atoms with Gasteiger partial charge in [0.2, 0.25) is 0 Å². The molecule has 0 amide bonds. The lowest BCUT2D eigenvalue weighted by Gasteiger charge is -2.19. The van der Waals surface area contributed by atoms with Crippen LogP contribution in [0, 0.1) is 6.92 Å². The molecule has 0 radical (unpaired) electrons. The number of aryl methyl sites for hydroxylation is 1. The molecule has 5 nitrogen and oxygen atoms in total. The zero-order chi connectivity index (χ0) is 13.9. The van der Waals surface area contributed by atoms with Crippen molar-refractivity contribution in [2.24, 2.45) is 0 Å². The molecule has 98 valence electrons. The maximum absolute atomic E-state index is 11.2. The Morgan fingerprint density at radius 2 is 1.89 bits per heavy atom. The third kappa shape index (κ3) is 3.38. The molecular weight excluding hydrogens is 236 g/mol. The monoisotopic (exact) mass is 252 g/mol. The van der Waals surface area contributed by atoms with Crippen LogP contribution in [0.2, 0.25) is 0 Å². The van der Waals surface area contributed by atoms with E-state index in [-0.39, 0.29) is 5.78 Å². The standard InChI is InChI=1S/C13H16O5/c1-7-3-4-9(8(2)14)5-10(7)13(18)11(15)6-12(16)17/h3-5,11,13,15,18H,6H2,1-2H3,(H,16,17). The van der Waals surface area contributed by atoms with Gasteiger partial charge in [-0.15, -0.1) is 0 Å². The average molecular weight is 252 g/mol. The van der Waals surface area contributed by atoms with Crippen molar-refractivity contribution in [3.05, 3.63) is 34.9 Å². The van der Waals surface area contributed by atoms with Gasteiger partial charge in [-0.3, -0.25) is 9.59 Å². The minimum atomic E-state index is -1.40. The van der Waals surface area contributed by atoms with E-state index in [0.29, 0.717) is 16.7 Å². The van der Waals surface area contributed by atoms with Gasteiger partial charge in [0.1, 0.15) is 6.10 Å². The zero-order valence-corrected chi connectivity index (χ0v) is 10.3. The van der Waals surface area contributed by atoms with Gasteiger partial charge in [0, 0.05) is 5.56 Å². The van der Waals surface area contributed by atoms with Gasteiger partial charge in [0.15, 0.2) is 5.78 Å². The Balaban J connectivity index is 3.03. The fourth-order valence-corrected chi connectivity index (χ4v) is 1.68. The van der Waals surface area contributed by atoms with Crippen LogP contribution in [0.25, 0.3) is 0 Å². The quantitative estimate of drug-likeness (QED) is 0.681. The maximum Gasteiger partial charge on any atom is 0.306 e. The molecule has 2 unspecified atom stereocenters. The summed E-state index contributed by atoms with van der Waals surface area (Å²) in [6.45, 7) is 3.12. The van der Waals surface area contributed by atoms with E-state index in [1.54, 1.807) is 19.1 Å². The molecule has 0 aliphatic heterocycles. The lowest BCUT2D eigenvalue weighted by molar-refractivity contribution is -0.141. The first-order valence-corrected chi connectivity index (χ1v) is 5.52. The molecule has 1 aromatic rings. The molecule has 0 heterocycles. The molecule has 0 spiro atoms. The van der Waals surface area contributed by atoms with E-state index < -0.39 is 24.6 Å². The second-order valence-corrected chi connectivity index (χ2v) is 4.24. The number of carbonyl (C=O) groups is 2. The van der Waals surface area contributed by atoms with E-state index in [0.717, 1.165) is 0 Å². The van der Waals surface area contributed by atoms with Crippen LogP contribution in [-0.2, 0) is 4.79 Å². The number of hydrogen-bond acceptors (Lipinski definition) is 4. The van der Waals surface area contributed by atoms with E-state index in [9.17, 15) is 19.8 Å². The van der Waals surface area contributed by atoms with Crippen LogP contribution < -0.4 is 0 Å². The normalized spacial score (nSPS) is 14.0. The highest BCUT2D eigenvalue weighted by molar-refractivity contribution is 5.94. The molecule has 0 saturated carbocycles. The van der Waals surface area contributed by atoms with E-state index in [2.05, 4.69) is 0 Å². The fourth-order valence-electron chi connectivity index (χ4n) is 1.68. The molecule has 5 heteroatoms. The van der Waals surface area contributed by atoms with Crippen LogP contribution in [0.4, 0.5) is 0 Å². The van der Waals surface area contributed by atoms with Gasteiger partial charge in [-0.2, -0.15) is 0 Å². The summed E-state index contributed by atoms with van der Waals surface area (Å²) in [4.78, 5) is 21.7. The van der Waals surface area contributed by atoms with E-state index in [1.807, 2.05) is 0 Å². The third-order valence-electron chi connectivity index (χ3n) is 2.75. The summed E-state index contributed by atoms with van der Waals surface area (Å²) in [5, 5.41) is 28.0. The molecule has 3 N–H and O–H groups in total. The number of Topliss-reactive ketones (excluding diaryl/α,β-unsaturated/α-hetero) is 1. The predicted octanol–water partition coefficient (Wildman–Crippen LogP) is 1.07. The number of benzene rings is 1. The number of hydrogen-bond donors (Lipinski definition) is 3. The summed E-state index contributed by atoms with van der Waals surface area (Å²) in [6, 6.07) is 4.76. The van der Waals surface area contributed by atoms with Crippen LogP contribution in [0.15, 0.2) is 18.2 Å². The van der Waals surface area contributed by atoms with Crippen LogP contribution in [0.5, 0.6) is 0 Å². The number of ketones is 1. The SMILES string of the molecule is CC(=O)c1ccc(C)c(C(O)C(O)CC(=O)O)c1.